The lowest BCUT2D eigenvalue weighted by Gasteiger charge is -2.18. The van der Waals surface area contributed by atoms with Gasteiger partial charge in [-0.15, -0.1) is 0 Å². The molecule has 65 heavy (non-hydrogen) atoms. The summed E-state index contributed by atoms with van der Waals surface area (Å²) in [5, 5.41) is 10.5. The normalized spacial score (nSPS) is 11.7. The number of hydrogen-bond acceptors (Lipinski definition) is 3. The number of pyridine rings is 1. The summed E-state index contributed by atoms with van der Waals surface area (Å²) in [6.07, 6.45) is 0. The molecule has 3 aromatic heterocycles. The molecular weight excluding hydrogens is 789 g/mol. The van der Waals surface area contributed by atoms with E-state index in [2.05, 4.69) is 229 Å². The second-order valence-electron chi connectivity index (χ2n) is 16.7. The van der Waals surface area contributed by atoms with E-state index in [0.29, 0.717) is 5.82 Å². The number of nitrogens with zero attached hydrogens (tertiary/aromatic N) is 4. The monoisotopic (exact) mass is 826 g/mol. The molecule has 0 N–H and O–H groups in total. The standard InChI is InChI=1S/C61H38N4/c1-3-18-41(19-4-1)61-63-59(46-32-30-39-16-7-9-20-42(39)36-46)55(60(64-61)47-33-31-40-17-8-10-21-43(40)37-47)44-22-15-23-45(38-44)58-51-34-35-54-57(56(51)49-26-11-13-28-52(49)62-58)50-27-12-14-29-53(50)65(54)48-24-5-2-6-25-48/h1-38H. The Hall–Kier alpha value is -8.73. The molecule has 0 fully saturated rings. The van der Waals surface area contributed by atoms with E-state index < -0.39 is 0 Å². The third kappa shape index (κ3) is 6.11. The molecule has 0 aliphatic rings. The average molecular weight is 827 g/mol. The minimum atomic E-state index is 0.678. The lowest BCUT2D eigenvalue weighted by Crippen LogP contribution is -2.01. The Kier molecular flexibility index (Phi) is 8.50. The molecule has 0 atom stereocenters. The number of para-hydroxylation sites is 3. The molecule has 13 aromatic rings. The van der Waals surface area contributed by atoms with Crippen molar-refractivity contribution in [1.29, 1.82) is 0 Å². The van der Waals surface area contributed by atoms with E-state index in [1.807, 2.05) is 6.07 Å². The fraction of sp³-hybridized carbons (Fsp3) is 0. The highest BCUT2D eigenvalue weighted by Crippen LogP contribution is 2.45. The van der Waals surface area contributed by atoms with Gasteiger partial charge in [-0.25, -0.2) is 15.0 Å². The van der Waals surface area contributed by atoms with Crippen LogP contribution in [0.3, 0.4) is 0 Å². The third-order valence-electron chi connectivity index (χ3n) is 12.9. The zero-order valence-electron chi connectivity index (χ0n) is 35.2. The minimum Gasteiger partial charge on any atom is -0.309 e. The maximum atomic E-state index is 5.51. The van der Waals surface area contributed by atoms with Gasteiger partial charge in [0.25, 0.3) is 0 Å². The summed E-state index contributed by atoms with van der Waals surface area (Å²) in [5.74, 6) is 0.678. The van der Waals surface area contributed by atoms with Gasteiger partial charge in [-0.1, -0.05) is 182 Å². The van der Waals surface area contributed by atoms with Crippen molar-refractivity contribution in [1.82, 2.24) is 19.5 Å². The summed E-state index contributed by atoms with van der Waals surface area (Å²) in [5.41, 5.74) is 13.1. The van der Waals surface area contributed by atoms with Gasteiger partial charge in [0.1, 0.15) is 0 Å². The topological polar surface area (TPSA) is 43.6 Å². The predicted molar refractivity (Wildman–Crippen MR) is 271 cm³/mol. The van der Waals surface area contributed by atoms with Gasteiger partial charge >= 0.3 is 0 Å². The summed E-state index contributed by atoms with van der Waals surface area (Å²) >= 11 is 0. The zero-order valence-corrected chi connectivity index (χ0v) is 35.2. The molecule has 4 nitrogen and oxygen atoms in total. The molecule has 13 rings (SSSR count). The molecule has 0 radical (unpaired) electrons. The first-order valence-electron chi connectivity index (χ1n) is 22.1. The Morgan fingerprint density at radius 1 is 0.292 bits per heavy atom. The number of aromatic nitrogens is 4. The summed E-state index contributed by atoms with van der Waals surface area (Å²) in [7, 11) is 0. The van der Waals surface area contributed by atoms with E-state index in [0.717, 1.165) is 88.7 Å². The molecule has 0 unspecified atom stereocenters. The van der Waals surface area contributed by atoms with Gasteiger partial charge in [0.15, 0.2) is 5.82 Å². The Morgan fingerprint density at radius 2 is 0.846 bits per heavy atom. The van der Waals surface area contributed by atoms with Crippen LogP contribution in [0.15, 0.2) is 231 Å². The van der Waals surface area contributed by atoms with E-state index in [9.17, 15) is 0 Å². The molecule has 4 heteroatoms. The molecule has 0 spiro atoms. The first kappa shape index (κ1) is 36.9. The second kappa shape index (κ2) is 15.0. The van der Waals surface area contributed by atoms with Gasteiger partial charge in [-0.3, -0.25) is 0 Å². The van der Waals surface area contributed by atoms with Crippen LogP contribution in [0.5, 0.6) is 0 Å². The molecule has 0 aliphatic carbocycles. The molecule has 3 heterocycles. The Labute approximate surface area is 375 Å². The van der Waals surface area contributed by atoms with Gasteiger partial charge in [-0.2, -0.15) is 0 Å². The van der Waals surface area contributed by atoms with Crippen molar-refractivity contribution in [2.45, 2.75) is 0 Å². The van der Waals surface area contributed by atoms with Crippen molar-refractivity contribution in [2.75, 3.05) is 0 Å². The maximum Gasteiger partial charge on any atom is 0.160 e. The van der Waals surface area contributed by atoms with E-state index in [-0.39, 0.29) is 0 Å². The zero-order chi connectivity index (χ0) is 42.8. The lowest BCUT2D eigenvalue weighted by atomic mass is 9.90. The van der Waals surface area contributed by atoms with Gasteiger partial charge in [0.05, 0.1) is 33.6 Å². The van der Waals surface area contributed by atoms with E-state index in [4.69, 9.17) is 15.0 Å². The Morgan fingerprint density at radius 3 is 1.55 bits per heavy atom. The van der Waals surface area contributed by atoms with Crippen LogP contribution in [-0.2, 0) is 0 Å². The Bertz CT molecular complexity index is 3900. The van der Waals surface area contributed by atoms with E-state index in [1.165, 1.54) is 32.4 Å². The van der Waals surface area contributed by atoms with Crippen molar-refractivity contribution in [3.63, 3.8) is 0 Å². The number of hydrogen-bond donors (Lipinski definition) is 0. The molecule has 0 bridgehead atoms. The molecular formula is C61H38N4. The highest BCUT2D eigenvalue weighted by atomic mass is 15.0. The molecule has 0 saturated heterocycles. The predicted octanol–water partition coefficient (Wildman–Crippen LogP) is 15.9. The van der Waals surface area contributed by atoms with Crippen molar-refractivity contribution in [3.8, 4) is 62.0 Å². The smallest absolute Gasteiger partial charge is 0.160 e. The molecule has 302 valence electrons. The largest absolute Gasteiger partial charge is 0.309 e. The molecule has 0 aliphatic heterocycles. The second-order valence-corrected chi connectivity index (χ2v) is 16.7. The minimum absolute atomic E-state index is 0.678. The van der Waals surface area contributed by atoms with E-state index >= 15 is 0 Å². The third-order valence-corrected chi connectivity index (χ3v) is 12.9. The van der Waals surface area contributed by atoms with Crippen molar-refractivity contribution >= 4 is 65.0 Å². The number of rotatable bonds is 6. The lowest BCUT2D eigenvalue weighted by molar-refractivity contribution is 1.18. The van der Waals surface area contributed by atoms with Crippen LogP contribution in [-0.4, -0.2) is 19.5 Å². The van der Waals surface area contributed by atoms with Crippen LogP contribution in [0.1, 0.15) is 0 Å². The van der Waals surface area contributed by atoms with Crippen LogP contribution < -0.4 is 0 Å². The maximum absolute atomic E-state index is 5.51. The first-order chi connectivity index (χ1) is 32.2. The molecule has 0 amide bonds. The van der Waals surface area contributed by atoms with Crippen LogP contribution >= 0.6 is 0 Å². The van der Waals surface area contributed by atoms with Gasteiger partial charge < -0.3 is 4.57 Å². The fourth-order valence-corrected chi connectivity index (χ4v) is 9.94. The highest BCUT2D eigenvalue weighted by Gasteiger charge is 2.23. The number of fused-ring (bicyclic) bond motifs is 9. The Balaban J connectivity index is 1.10. The summed E-state index contributed by atoms with van der Waals surface area (Å²) in [4.78, 5) is 16.5. The quantitative estimate of drug-likeness (QED) is 0.157. The van der Waals surface area contributed by atoms with Crippen LogP contribution in [0.25, 0.3) is 127 Å². The van der Waals surface area contributed by atoms with Crippen LogP contribution in [0.2, 0.25) is 0 Å². The van der Waals surface area contributed by atoms with Crippen molar-refractivity contribution in [3.05, 3.63) is 231 Å². The summed E-state index contributed by atoms with van der Waals surface area (Å²) < 4.78 is 2.39. The van der Waals surface area contributed by atoms with Gasteiger partial charge in [0, 0.05) is 60.4 Å². The van der Waals surface area contributed by atoms with Crippen LogP contribution in [0, 0.1) is 0 Å². The molecule has 10 aromatic carbocycles. The van der Waals surface area contributed by atoms with Crippen molar-refractivity contribution in [2.24, 2.45) is 0 Å². The van der Waals surface area contributed by atoms with Gasteiger partial charge in [0.2, 0.25) is 0 Å². The average Bonchev–Trinajstić information content (AvgIpc) is 3.73. The first-order valence-corrected chi connectivity index (χ1v) is 22.1. The SMILES string of the molecule is c1ccc(-c2nc(-c3ccc4ccccc4c3)c(-c3cccc(-c4nc5ccccc5c5c4ccc4c5c5ccccc5n4-c4ccccc4)c3)c(-c3ccc4ccccc4c3)n2)cc1. The van der Waals surface area contributed by atoms with Crippen molar-refractivity contribution < 1.29 is 0 Å². The van der Waals surface area contributed by atoms with E-state index in [1.54, 1.807) is 0 Å². The van der Waals surface area contributed by atoms with Crippen LogP contribution in [0.4, 0.5) is 0 Å². The molecule has 0 saturated carbocycles. The highest BCUT2D eigenvalue weighted by molar-refractivity contribution is 6.29. The summed E-state index contributed by atoms with van der Waals surface area (Å²) in [6, 6.07) is 82.1. The number of benzene rings is 10. The fourth-order valence-electron chi connectivity index (χ4n) is 9.94. The van der Waals surface area contributed by atoms with Gasteiger partial charge in [-0.05, 0) is 75.6 Å². The summed E-state index contributed by atoms with van der Waals surface area (Å²) in [6.45, 7) is 0.